The zero-order valence-corrected chi connectivity index (χ0v) is 12.3. The molecule has 5 heteroatoms. The van der Waals surface area contributed by atoms with Gasteiger partial charge in [-0.25, -0.2) is 0 Å². The van der Waals surface area contributed by atoms with Gasteiger partial charge in [0, 0.05) is 16.7 Å². The number of benzene rings is 2. The SMILES string of the molecule is CC(=O)CC(=O)c1ccc2c(c1O)C(=O)c1ccccc1C2=O. The molecule has 5 nitrogen and oxygen atoms in total. The van der Waals surface area contributed by atoms with E-state index in [4.69, 9.17) is 0 Å². The quantitative estimate of drug-likeness (QED) is 0.592. The highest BCUT2D eigenvalue weighted by Gasteiger charge is 2.33. The molecule has 0 amide bonds. The number of ketones is 4. The summed E-state index contributed by atoms with van der Waals surface area (Å²) in [6.07, 6.45) is -0.370. The van der Waals surface area contributed by atoms with Gasteiger partial charge >= 0.3 is 0 Å². The third-order valence-electron chi connectivity index (χ3n) is 3.78. The van der Waals surface area contributed by atoms with Gasteiger partial charge < -0.3 is 5.11 Å². The summed E-state index contributed by atoms with van der Waals surface area (Å²) in [4.78, 5) is 48.1. The number of carbonyl (C=O) groups excluding carboxylic acids is 4. The monoisotopic (exact) mass is 308 g/mol. The van der Waals surface area contributed by atoms with Crippen LogP contribution < -0.4 is 0 Å². The number of phenolic OH excluding ortho intramolecular Hbond substituents is 1. The topological polar surface area (TPSA) is 88.5 Å². The first-order valence-corrected chi connectivity index (χ1v) is 6.99. The molecule has 0 aliphatic heterocycles. The molecule has 2 aromatic carbocycles. The van der Waals surface area contributed by atoms with E-state index >= 15 is 0 Å². The lowest BCUT2D eigenvalue weighted by Crippen LogP contribution is -2.22. The fraction of sp³-hybridized carbons (Fsp3) is 0.111. The molecule has 0 unspecified atom stereocenters. The summed E-state index contributed by atoms with van der Waals surface area (Å²) >= 11 is 0. The predicted octanol–water partition coefficient (Wildman–Crippen LogP) is 2.33. The molecule has 0 aromatic heterocycles. The summed E-state index contributed by atoms with van der Waals surface area (Å²) < 4.78 is 0. The normalized spacial score (nSPS) is 12.6. The number of Topliss-reactive ketones (excluding diaryl/α,β-unsaturated/α-hetero) is 2. The van der Waals surface area contributed by atoms with Gasteiger partial charge in [-0.15, -0.1) is 0 Å². The molecular formula is C18H12O5. The summed E-state index contributed by atoms with van der Waals surface area (Å²) in [5, 5.41) is 10.3. The minimum atomic E-state index is -0.586. The predicted molar refractivity (Wildman–Crippen MR) is 81.0 cm³/mol. The Bertz CT molecular complexity index is 892. The van der Waals surface area contributed by atoms with Crippen molar-refractivity contribution < 1.29 is 24.3 Å². The highest BCUT2D eigenvalue weighted by molar-refractivity contribution is 6.30. The van der Waals surface area contributed by atoms with Crippen LogP contribution in [0.4, 0.5) is 0 Å². The Labute approximate surface area is 131 Å². The Morgan fingerprint density at radius 3 is 2.13 bits per heavy atom. The number of hydrogen-bond donors (Lipinski definition) is 1. The maximum absolute atomic E-state index is 12.6. The third kappa shape index (κ3) is 2.26. The number of fused-ring (bicyclic) bond motifs is 2. The average Bonchev–Trinajstić information content (AvgIpc) is 2.51. The maximum Gasteiger partial charge on any atom is 0.198 e. The molecule has 0 atom stereocenters. The van der Waals surface area contributed by atoms with Crippen molar-refractivity contribution in [1.82, 2.24) is 0 Å². The molecule has 0 saturated carbocycles. The van der Waals surface area contributed by atoms with Crippen molar-refractivity contribution in [1.29, 1.82) is 0 Å². The number of phenols is 1. The summed E-state index contributed by atoms with van der Waals surface area (Å²) in [6.45, 7) is 1.26. The maximum atomic E-state index is 12.6. The summed E-state index contributed by atoms with van der Waals surface area (Å²) in [5.41, 5.74) is 0.219. The van der Waals surface area contributed by atoms with Crippen LogP contribution in [0, 0.1) is 0 Å². The Hall–Kier alpha value is -3.08. The van der Waals surface area contributed by atoms with Crippen LogP contribution in [0.2, 0.25) is 0 Å². The summed E-state index contributed by atoms with van der Waals surface area (Å²) in [7, 11) is 0. The fourth-order valence-corrected chi connectivity index (χ4v) is 2.72. The van der Waals surface area contributed by atoms with E-state index in [1.54, 1.807) is 18.2 Å². The van der Waals surface area contributed by atoms with E-state index in [1.807, 2.05) is 0 Å². The van der Waals surface area contributed by atoms with Crippen molar-refractivity contribution in [2.75, 3.05) is 0 Å². The van der Waals surface area contributed by atoms with Crippen LogP contribution in [-0.4, -0.2) is 28.2 Å². The smallest absolute Gasteiger partial charge is 0.198 e. The first kappa shape index (κ1) is 14.8. The number of hydrogen-bond acceptors (Lipinski definition) is 5. The fourth-order valence-electron chi connectivity index (χ4n) is 2.72. The highest BCUT2D eigenvalue weighted by atomic mass is 16.3. The van der Waals surface area contributed by atoms with Crippen molar-refractivity contribution in [2.45, 2.75) is 13.3 Å². The first-order valence-electron chi connectivity index (χ1n) is 6.99. The zero-order valence-electron chi connectivity index (χ0n) is 12.3. The Kier molecular flexibility index (Phi) is 3.41. The van der Waals surface area contributed by atoms with Crippen molar-refractivity contribution in [3.63, 3.8) is 0 Å². The molecule has 0 bridgehead atoms. The summed E-state index contributed by atoms with van der Waals surface area (Å²) in [5.74, 6) is -2.36. The zero-order chi connectivity index (χ0) is 16.7. The van der Waals surface area contributed by atoms with Crippen LogP contribution in [0.1, 0.15) is 55.5 Å². The molecule has 0 spiro atoms. The molecule has 0 radical (unpaired) electrons. The van der Waals surface area contributed by atoms with Gasteiger partial charge in [0.1, 0.15) is 11.5 Å². The standard InChI is InChI=1S/C18H12O5/c1-9(19)8-14(20)12-6-7-13-15(18(12)23)17(22)11-5-3-2-4-10(11)16(13)21/h2-7,23H,8H2,1H3. The number of aromatic hydroxyl groups is 1. The average molecular weight is 308 g/mol. The lowest BCUT2D eigenvalue weighted by Gasteiger charge is -2.19. The second-order valence-electron chi connectivity index (χ2n) is 5.39. The van der Waals surface area contributed by atoms with E-state index in [1.165, 1.54) is 25.1 Å². The number of carbonyl (C=O) groups is 4. The Morgan fingerprint density at radius 2 is 1.52 bits per heavy atom. The highest BCUT2D eigenvalue weighted by Crippen LogP contribution is 2.35. The van der Waals surface area contributed by atoms with E-state index < -0.39 is 17.3 Å². The Balaban J connectivity index is 2.19. The van der Waals surface area contributed by atoms with Crippen LogP contribution in [0.5, 0.6) is 5.75 Å². The molecule has 23 heavy (non-hydrogen) atoms. The molecule has 1 N–H and O–H groups in total. The van der Waals surface area contributed by atoms with Gasteiger partial charge in [0.15, 0.2) is 17.3 Å². The van der Waals surface area contributed by atoms with Crippen LogP contribution in [0.3, 0.4) is 0 Å². The van der Waals surface area contributed by atoms with Crippen LogP contribution in [-0.2, 0) is 4.79 Å². The van der Waals surface area contributed by atoms with E-state index in [0.29, 0.717) is 0 Å². The molecule has 0 fully saturated rings. The molecule has 0 saturated heterocycles. The lowest BCUT2D eigenvalue weighted by atomic mass is 9.82. The Morgan fingerprint density at radius 1 is 0.913 bits per heavy atom. The van der Waals surface area contributed by atoms with Crippen molar-refractivity contribution >= 4 is 23.1 Å². The number of rotatable bonds is 3. The molecule has 2 aromatic rings. The first-order chi connectivity index (χ1) is 10.9. The van der Waals surface area contributed by atoms with Gasteiger partial charge in [-0.1, -0.05) is 24.3 Å². The van der Waals surface area contributed by atoms with Gasteiger partial charge in [-0.2, -0.15) is 0 Å². The van der Waals surface area contributed by atoms with Gasteiger partial charge in [0.05, 0.1) is 17.5 Å². The summed E-state index contributed by atoms with van der Waals surface area (Å²) in [6, 6.07) is 8.94. The molecule has 0 heterocycles. The second-order valence-corrected chi connectivity index (χ2v) is 5.39. The van der Waals surface area contributed by atoms with Crippen LogP contribution in [0.15, 0.2) is 36.4 Å². The molecule has 3 rings (SSSR count). The van der Waals surface area contributed by atoms with Crippen LogP contribution >= 0.6 is 0 Å². The van der Waals surface area contributed by atoms with Crippen molar-refractivity contribution in [3.05, 3.63) is 64.2 Å². The lowest BCUT2D eigenvalue weighted by molar-refractivity contribution is -0.116. The van der Waals surface area contributed by atoms with E-state index in [0.717, 1.165) is 0 Å². The minimum Gasteiger partial charge on any atom is -0.506 e. The van der Waals surface area contributed by atoms with E-state index in [-0.39, 0.29) is 45.8 Å². The largest absolute Gasteiger partial charge is 0.506 e. The second kappa shape index (κ2) is 5.28. The van der Waals surface area contributed by atoms with Gasteiger partial charge in [-0.3, -0.25) is 19.2 Å². The van der Waals surface area contributed by atoms with Gasteiger partial charge in [0.2, 0.25) is 0 Å². The van der Waals surface area contributed by atoms with E-state index in [9.17, 15) is 24.3 Å². The van der Waals surface area contributed by atoms with Crippen molar-refractivity contribution in [3.8, 4) is 5.75 Å². The van der Waals surface area contributed by atoms with Crippen molar-refractivity contribution in [2.24, 2.45) is 0 Å². The molecule has 1 aliphatic carbocycles. The molecule has 1 aliphatic rings. The van der Waals surface area contributed by atoms with Gasteiger partial charge in [-0.05, 0) is 19.1 Å². The van der Waals surface area contributed by atoms with E-state index in [2.05, 4.69) is 0 Å². The third-order valence-corrected chi connectivity index (χ3v) is 3.78. The van der Waals surface area contributed by atoms with Gasteiger partial charge in [0.25, 0.3) is 0 Å². The van der Waals surface area contributed by atoms with Crippen LogP contribution in [0.25, 0.3) is 0 Å². The minimum absolute atomic E-state index is 0.0607. The molecule has 114 valence electrons. The molecular weight excluding hydrogens is 296 g/mol.